The van der Waals surface area contributed by atoms with Crippen molar-refractivity contribution in [2.75, 3.05) is 19.8 Å². The summed E-state index contributed by atoms with van der Waals surface area (Å²) in [5.41, 5.74) is 0. The lowest BCUT2D eigenvalue weighted by Crippen LogP contribution is -2.32. The van der Waals surface area contributed by atoms with Crippen LogP contribution in [0.4, 0.5) is 0 Å². The van der Waals surface area contributed by atoms with Gasteiger partial charge in [-0.05, 0) is 12.3 Å². The van der Waals surface area contributed by atoms with Crippen molar-refractivity contribution in [1.82, 2.24) is 5.32 Å². The van der Waals surface area contributed by atoms with Crippen LogP contribution in [0.15, 0.2) is 0 Å². The second-order valence-electron chi connectivity index (χ2n) is 3.85. The number of nitriles is 1. The zero-order chi connectivity index (χ0) is 11.7. The highest BCUT2D eigenvalue weighted by Crippen LogP contribution is 1.99. The summed E-state index contributed by atoms with van der Waals surface area (Å²) >= 11 is 0. The molecular weight excluding hydrogens is 192 g/mol. The molecule has 1 atom stereocenters. The highest BCUT2D eigenvalue weighted by molar-refractivity contribution is 5.80. The van der Waals surface area contributed by atoms with E-state index in [4.69, 9.17) is 10.00 Å². The first kappa shape index (κ1) is 13.9. The van der Waals surface area contributed by atoms with Gasteiger partial charge in [-0.1, -0.05) is 20.8 Å². The minimum Gasteiger partial charge on any atom is -0.379 e. The second kappa shape index (κ2) is 8.25. The van der Waals surface area contributed by atoms with Crippen LogP contribution in [0, 0.1) is 23.2 Å². The van der Waals surface area contributed by atoms with Crippen molar-refractivity contribution in [2.24, 2.45) is 11.8 Å². The fourth-order valence-corrected chi connectivity index (χ4v) is 1.02. The molecule has 0 rings (SSSR count). The Balaban J connectivity index is 3.51. The molecule has 0 saturated carbocycles. The molecule has 4 heteroatoms. The van der Waals surface area contributed by atoms with Gasteiger partial charge < -0.3 is 10.1 Å². The number of ether oxygens (including phenoxy) is 1. The van der Waals surface area contributed by atoms with Crippen molar-refractivity contribution < 1.29 is 9.53 Å². The molecule has 0 saturated heterocycles. The molecule has 1 N–H and O–H groups in total. The van der Waals surface area contributed by atoms with E-state index in [0.29, 0.717) is 32.1 Å². The van der Waals surface area contributed by atoms with E-state index >= 15 is 0 Å². The van der Waals surface area contributed by atoms with Crippen LogP contribution in [0.2, 0.25) is 0 Å². The van der Waals surface area contributed by atoms with E-state index in [1.54, 1.807) is 0 Å². The van der Waals surface area contributed by atoms with Gasteiger partial charge in [-0.2, -0.15) is 5.26 Å². The Morgan fingerprint density at radius 2 is 2.20 bits per heavy atom. The lowest BCUT2D eigenvalue weighted by molar-refractivity contribution is -0.123. The molecule has 15 heavy (non-hydrogen) atoms. The van der Waals surface area contributed by atoms with Crippen LogP contribution in [-0.4, -0.2) is 25.7 Å². The Kier molecular flexibility index (Phi) is 7.65. The monoisotopic (exact) mass is 212 g/mol. The molecule has 0 aliphatic rings. The molecule has 0 fully saturated rings. The molecule has 86 valence electrons. The van der Waals surface area contributed by atoms with E-state index < -0.39 is 5.92 Å². The molecule has 0 aliphatic carbocycles. The molecule has 1 amide bonds. The standard InChI is InChI=1S/C11H20N2O2/c1-4-10(7-12)11(14)13-5-6-15-8-9(2)3/h9-10H,4-6,8H2,1-3H3,(H,13,14). The van der Waals surface area contributed by atoms with Gasteiger partial charge in [0.05, 0.1) is 12.7 Å². The summed E-state index contributed by atoms with van der Waals surface area (Å²) in [5, 5.41) is 11.3. The van der Waals surface area contributed by atoms with E-state index in [2.05, 4.69) is 19.2 Å². The second-order valence-corrected chi connectivity index (χ2v) is 3.85. The lowest BCUT2D eigenvalue weighted by atomic mass is 10.1. The van der Waals surface area contributed by atoms with E-state index in [-0.39, 0.29) is 5.91 Å². The van der Waals surface area contributed by atoms with Crippen LogP contribution in [-0.2, 0) is 9.53 Å². The summed E-state index contributed by atoms with van der Waals surface area (Å²) in [6, 6.07) is 1.96. The predicted molar refractivity (Wildman–Crippen MR) is 58.1 cm³/mol. The van der Waals surface area contributed by atoms with Crippen molar-refractivity contribution in [3.63, 3.8) is 0 Å². The van der Waals surface area contributed by atoms with E-state index in [1.807, 2.05) is 13.0 Å². The Labute approximate surface area is 91.6 Å². The normalized spacial score (nSPS) is 12.2. The number of nitrogens with one attached hydrogen (secondary N) is 1. The van der Waals surface area contributed by atoms with Crippen molar-refractivity contribution >= 4 is 5.91 Å². The Bertz CT molecular complexity index is 221. The molecule has 0 aromatic carbocycles. The van der Waals surface area contributed by atoms with Gasteiger partial charge >= 0.3 is 0 Å². The van der Waals surface area contributed by atoms with Gasteiger partial charge in [0.1, 0.15) is 5.92 Å². The van der Waals surface area contributed by atoms with Gasteiger partial charge in [-0.15, -0.1) is 0 Å². The van der Waals surface area contributed by atoms with Crippen LogP contribution < -0.4 is 5.32 Å². The number of carbonyl (C=O) groups is 1. The maximum Gasteiger partial charge on any atom is 0.237 e. The average Bonchev–Trinajstić information content (AvgIpc) is 2.18. The maximum absolute atomic E-state index is 11.3. The van der Waals surface area contributed by atoms with Crippen molar-refractivity contribution in [2.45, 2.75) is 27.2 Å². The first-order chi connectivity index (χ1) is 7.11. The molecule has 0 aromatic heterocycles. The molecule has 0 heterocycles. The quantitative estimate of drug-likeness (QED) is 0.647. The lowest BCUT2D eigenvalue weighted by Gasteiger charge is -2.09. The predicted octanol–water partition coefficient (Wildman–Crippen LogP) is 1.32. The van der Waals surface area contributed by atoms with Gasteiger partial charge in [0, 0.05) is 13.2 Å². The van der Waals surface area contributed by atoms with Crippen LogP contribution in [0.1, 0.15) is 27.2 Å². The number of amides is 1. The van der Waals surface area contributed by atoms with Crippen LogP contribution >= 0.6 is 0 Å². The van der Waals surface area contributed by atoms with Crippen LogP contribution in [0.3, 0.4) is 0 Å². The molecule has 4 nitrogen and oxygen atoms in total. The van der Waals surface area contributed by atoms with Crippen LogP contribution in [0.25, 0.3) is 0 Å². The Morgan fingerprint density at radius 1 is 1.53 bits per heavy atom. The molecule has 0 radical (unpaired) electrons. The zero-order valence-electron chi connectivity index (χ0n) is 9.75. The number of carbonyl (C=O) groups excluding carboxylic acids is 1. The highest BCUT2D eigenvalue weighted by atomic mass is 16.5. The van der Waals surface area contributed by atoms with Gasteiger partial charge in [0.25, 0.3) is 0 Å². The third-order valence-electron chi connectivity index (χ3n) is 1.88. The molecule has 0 bridgehead atoms. The van der Waals surface area contributed by atoms with Gasteiger partial charge in [0.2, 0.25) is 5.91 Å². The number of hydrogen-bond donors (Lipinski definition) is 1. The molecule has 0 aromatic rings. The topological polar surface area (TPSA) is 62.1 Å². The summed E-state index contributed by atoms with van der Waals surface area (Å²) in [6.45, 7) is 7.65. The summed E-state index contributed by atoms with van der Waals surface area (Å²) in [7, 11) is 0. The van der Waals surface area contributed by atoms with E-state index in [9.17, 15) is 4.79 Å². The smallest absolute Gasteiger partial charge is 0.237 e. The fourth-order valence-electron chi connectivity index (χ4n) is 1.02. The SMILES string of the molecule is CCC(C#N)C(=O)NCCOCC(C)C. The third kappa shape index (κ3) is 6.92. The average molecular weight is 212 g/mol. The fraction of sp³-hybridized carbons (Fsp3) is 0.818. The molecular formula is C11H20N2O2. The van der Waals surface area contributed by atoms with Crippen molar-refractivity contribution in [1.29, 1.82) is 5.26 Å². The van der Waals surface area contributed by atoms with E-state index in [0.717, 1.165) is 0 Å². The summed E-state index contributed by atoms with van der Waals surface area (Å²) in [6.07, 6.45) is 0.551. The minimum atomic E-state index is -0.532. The molecule has 0 spiro atoms. The van der Waals surface area contributed by atoms with Gasteiger partial charge in [-0.25, -0.2) is 0 Å². The largest absolute Gasteiger partial charge is 0.379 e. The zero-order valence-corrected chi connectivity index (χ0v) is 9.75. The third-order valence-corrected chi connectivity index (χ3v) is 1.88. The molecule has 1 unspecified atom stereocenters. The van der Waals surface area contributed by atoms with Crippen LogP contribution in [0.5, 0.6) is 0 Å². The van der Waals surface area contributed by atoms with Crippen molar-refractivity contribution in [3.05, 3.63) is 0 Å². The van der Waals surface area contributed by atoms with Gasteiger partial charge in [-0.3, -0.25) is 4.79 Å². The molecule has 0 aliphatic heterocycles. The summed E-state index contributed by atoms with van der Waals surface area (Å²) in [5.74, 6) is -0.230. The first-order valence-electron chi connectivity index (χ1n) is 5.36. The Hall–Kier alpha value is -1.08. The number of nitrogens with zero attached hydrogens (tertiary/aromatic N) is 1. The maximum atomic E-state index is 11.3. The Morgan fingerprint density at radius 3 is 2.67 bits per heavy atom. The highest BCUT2D eigenvalue weighted by Gasteiger charge is 2.13. The number of rotatable bonds is 7. The summed E-state index contributed by atoms with van der Waals surface area (Å²) in [4.78, 5) is 11.3. The van der Waals surface area contributed by atoms with Crippen molar-refractivity contribution in [3.8, 4) is 6.07 Å². The first-order valence-corrected chi connectivity index (χ1v) is 5.36. The minimum absolute atomic E-state index is 0.201. The number of hydrogen-bond acceptors (Lipinski definition) is 3. The summed E-state index contributed by atoms with van der Waals surface area (Å²) < 4.78 is 5.29. The van der Waals surface area contributed by atoms with Gasteiger partial charge in [0.15, 0.2) is 0 Å². The van der Waals surface area contributed by atoms with E-state index in [1.165, 1.54) is 0 Å².